The number of carbonyl (C=O) groups is 2. The van der Waals surface area contributed by atoms with Crippen LogP contribution in [0.25, 0.3) is 0 Å². The number of nitrogens with zero attached hydrogens (tertiary/aromatic N) is 1. The largest absolute Gasteiger partial charge is 0.464 e. The van der Waals surface area contributed by atoms with E-state index in [1.54, 1.807) is 31.5 Å². The van der Waals surface area contributed by atoms with Gasteiger partial charge in [0.25, 0.3) is 0 Å². The maximum absolute atomic E-state index is 11.4. The Morgan fingerprint density at radius 3 is 2.40 bits per heavy atom. The van der Waals surface area contributed by atoms with E-state index in [-0.39, 0.29) is 6.61 Å². The maximum atomic E-state index is 11.4. The highest BCUT2D eigenvalue weighted by Gasteiger charge is 2.30. The summed E-state index contributed by atoms with van der Waals surface area (Å²) in [7, 11) is 0. The van der Waals surface area contributed by atoms with Crippen molar-refractivity contribution in [1.29, 1.82) is 0 Å². The summed E-state index contributed by atoms with van der Waals surface area (Å²) in [5.74, 6) is -1.56. The zero-order valence-corrected chi connectivity index (χ0v) is 8.81. The summed E-state index contributed by atoms with van der Waals surface area (Å²) >= 11 is 4.94. The summed E-state index contributed by atoms with van der Waals surface area (Å²) in [6, 6.07) is 2.17. The first-order valence-electron chi connectivity index (χ1n) is 4.32. The van der Waals surface area contributed by atoms with E-state index in [4.69, 9.17) is 16.6 Å². The topological polar surface area (TPSA) is 57.5 Å². The van der Waals surface area contributed by atoms with Gasteiger partial charge < -0.3 is 13.6 Å². The molecule has 6 heteroatoms. The molecule has 0 aliphatic carbocycles. The first-order chi connectivity index (χ1) is 7.20. The molecule has 0 spiro atoms. The van der Waals surface area contributed by atoms with Gasteiger partial charge in [-0.05, 0) is 19.1 Å². The highest BCUT2D eigenvalue weighted by Crippen LogP contribution is 2.12. The van der Waals surface area contributed by atoms with Crippen LogP contribution >= 0.6 is 11.9 Å². The number of hydrogen-bond acceptors (Lipinski definition) is 4. The molecule has 1 aromatic rings. The Morgan fingerprint density at radius 2 is 1.93 bits per heavy atom. The summed E-state index contributed by atoms with van der Waals surface area (Å²) in [6.45, 7) is 1.84. The van der Waals surface area contributed by atoms with Gasteiger partial charge in [0.1, 0.15) is 11.9 Å². The molecule has 82 valence electrons. The fourth-order valence-corrected chi connectivity index (χ4v) is 1.21. The monoisotopic (exact) mass is 231 g/mol. The van der Waals surface area contributed by atoms with E-state index in [0.717, 1.165) is 0 Å². The SMILES string of the molecule is CCOC(=O)C(C(=O)OCl)n1cccc1. The minimum Gasteiger partial charge on any atom is -0.464 e. The van der Waals surface area contributed by atoms with Crippen LogP contribution < -0.4 is 0 Å². The number of hydrogen-bond donors (Lipinski definition) is 0. The Labute approximate surface area is 91.7 Å². The van der Waals surface area contributed by atoms with Crippen LogP contribution in [0, 0.1) is 0 Å². The van der Waals surface area contributed by atoms with Crippen molar-refractivity contribution in [2.45, 2.75) is 13.0 Å². The fraction of sp³-hybridized carbons (Fsp3) is 0.333. The lowest BCUT2D eigenvalue weighted by Gasteiger charge is -2.13. The number of ether oxygens (including phenoxy) is 1. The lowest BCUT2D eigenvalue weighted by molar-refractivity contribution is -0.155. The molecule has 0 aromatic carbocycles. The van der Waals surface area contributed by atoms with E-state index in [0.29, 0.717) is 0 Å². The molecule has 0 saturated heterocycles. The average Bonchev–Trinajstić information content (AvgIpc) is 2.71. The van der Waals surface area contributed by atoms with Crippen molar-refractivity contribution in [2.75, 3.05) is 6.61 Å². The molecule has 0 aliphatic rings. The zero-order chi connectivity index (χ0) is 11.3. The molecule has 0 amide bonds. The Hall–Kier alpha value is -1.49. The molecule has 0 saturated carbocycles. The second-order valence-electron chi connectivity index (χ2n) is 2.68. The van der Waals surface area contributed by atoms with Crippen LogP contribution in [-0.2, 0) is 18.6 Å². The predicted molar refractivity (Wildman–Crippen MR) is 52.0 cm³/mol. The molecule has 5 nitrogen and oxygen atoms in total. The van der Waals surface area contributed by atoms with E-state index in [1.807, 2.05) is 0 Å². The van der Waals surface area contributed by atoms with E-state index < -0.39 is 18.0 Å². The molecule has 0 N–H and O–H groups in total. The average molecular weight is 232 g/mol. The standard InChI is InChI=1S/C9H10ClNO4/c1-2-14-8(12)7(9(13)15-10)11-5-3-4-6-11/h3-7H,2H2,1H3. The van der Waals surface area contributed by atoms with Gasteiger partial charge in [-0.1, -0.05) is 0 Å². The Morgan fingerprint density at radius 1 is 1.33 bits per heavy atom. The molecule has 0 fully saturated rings. The van der Waals surface area contributed by atoms with Gasteiger partial charge in [-0.15, -0.1) is 0 Å². The number of esters is 1. The predicted octanol–water partition coefficient (Wildman–Crippen LogP) is 1.29. The van der Waals surface area contributed by atoms with Gasteiger partial charge in [0.05, 0.1) is 6.61 Å². The summed E-state index contributed by atoms with van der Waals surface area (Å²) < 4.78 is 10.1. The van der Waals surface area contributed by atoms with Gasteiger partial charge in [0.2, 0.25) is 6.04 Å². The van der Waals surface area contributed by atoms with Crippen molar-refractivity contribution in [3.63, 3.8) is 0 Å². The maximum Gasteiger partial charge on any atom is 0.358 e. The van der Waals surface area contributed by atoms with Gasteiger partial charge in [0, 0.05) is 12.4 Å². The first kappa shape index (κ1) is 11.6. The van der Waals surface area contributed by atoms with Crippen molar-refractivity contribution >= 4 is 23.8 Å². The Bertz CT molecular complexity index is 336. The number of carbonyl (C=O) groups excluding carboxylic acids is 2. The van der Waals surface area contributed by atoms with Crippen LogP contribution in [-0.4, -0.2) is 23.1 Å². The molecule has 1 heterocycles. The zero-order valence-electron chi connectivity index (χ0n) is 8.05. The lowest BCUT2D eigenvalue weighted by atomic mass is 10.3. The number of halogens is 1. The third kappa shape index (κ3) is 2.73. The molecule has 15 heavy (non-hydrogen) atoms. The third-order valence-electron chi connectivity index (χ3n) is 1.73. The van der Waals surface area contributed by atoms with Crippen molar-refractivity contribution in [3.05, 3.63) is 24.5 Å². The lowest BCUT2D eigenvalue weighted by Crippen LogP contribution is -2.28. The van der Waals surface area contributed by atoms with Crippen LogP contribution in [0.5, 0.6) is 0 Å². The van der Waals surface area contributed by atoms with Gasteiger partial charge in [-0.2, -0.15) is 0 Å². The van der Waals surface area contributed by atoms with Gasteiger partial charge >= 0.3 is 11.9 Å². The Kier molecular flexibility index (Phi) is 4.17. The Balaban J connectivity index is 2.88. The van der Waals surface area contributed by atoms with Gasteiger partial charge in [-0.3, -0.25) is 0 Å². The minimum atomic E-state index is -1.18. The highest BCUT2D eigenvalue weighted by atomic mass is 35.5. The summed E-state index contributed by atoms with van der Waals surface area (Å²) in [5.41, 5.74) is 0. The number of aromatic nitrogens is 1. The highest BCUT2D eigenvalue weighted by molar-refractivity contribution is 6.15. The van der Waals surface area contributed by atoms with Gasteiger partial charge in [0.15, 0.2) is 0 Å². The van der Waals surface area contributed by atoms with E-state index in [2.05, 4.69) is 4.29 Å². The third-order valence-corrected chi connectivity index (χ3v) is 1.89. The number of rotatable bonds is 4. The second kappa shape index (κ2) is 5.41. The first-order valence-corrected chi connectivity index (χ1v) is 4.63. The van der Waals surface area contributed by atoms with Crippen LogP contribution in [0.3, 0.4) is 0 Å². The second-order valence-corrected chi connectivity index (χ2v) is 2.84. The van der Waals surface area contributed by atoms with Crippen molar-refractivity contribution in [2.24, 2.45) is 0 Å². The van der Waals surface area contributed by atoms with E-state index >= 15 is 0 Å². The molecular weight excluding hydrogens is 222 g/mol. The normalized spacial score (nSPS) is 11.9. The van der Waals surface area contributed by atoms with Crippen LogP contribution in [0.1, 0.15) is 13.0 Å². The molecular formula is C9H10ClNO4. The molecule has 1 atom stereocenters. The molecule has 1 unspecified atom stereocenters. The molecule has 0 radical (unpaired) electrons. The van der Waals surface area contributed by atoms with Crippen molar-refractivity contribution in [3.8, 4) is 0 Å². The van der Waals surface area contributed by atoms with E-state index in [9.17, 15) is 9.59 Å². The van der Waals surface area contributed by atoms with Crippen LogP contribution in [0.4, 0.5) is 0 Å². The van der Waals surface area contributed by atoms with Gasteiger partial charge in [-0.25, -0.2) is 9.59 Å². The van der Waals surface area contributed by atoms with Crippen LogP contribution in [0.15, 0.2) is 24.5 Å². The summed E-state index contributed by atoms with van der Waals surface area (Å²) in [6.07, 6.45) is 3.10. The fourth-order valence-electron chi connectivity index (χ4n) is 1.12. The minimum absolute atomic E-state index is 0.187. The molecule has 1 aromatic heterocycles. The molecule has 0 aliphatic heterocycles. The van der Waals surface area contributed by atoms with E-state index in [1.165, 1.54) is 4.57 Å². The van der Waals surface area contributed by atoms with Crippen molar-refractivity contribution in [1.82, 2.24) is 4.57 Å². The summed E-state index contributed by atoms with van der Waals surface area (Å²) in [5, 5.41) is 0. The quantitative estimate of drug-likeness (QED) is 0.579. The summed E-state index contributed by atoms with van der Waals surface area (Å²) in [4.78, 5) is 22.7. The molecule has 0 bridgehead atoms. The molecule has 1 rings (SSSR count). The van der Waals surface area contributed by atoms with Crippen molar-refractivity contribution < 1.29 is 18.6 Å². The smallest absolute Gasteiger partial charge is 0.358 e. The van der Waals surface area contributed by atoms with Crippen LogP contribution in [0.2, 0.25) is 0 Å².